The van der Waals surface area contributed by atoms with Crippen molar-refractivity contribution in [2.45, 2.75) is 26.4 Å². The Balaban J connectivity index is 1.85. The molecule has 1 aliphatic rings. The molecular weight excluding hydrogens is 368 g/mol. The van der Waals surface area contributed by atoms with Gasteiger partial charge in [0.25, 0.3) is 0 Å². The lowest BCUT2D eigenvalue weighted by molar-refractivity contribution is -0.148. The molecule has 1 atom stereocenters. The number of halogens is 1. The largest absolute Gasteiger partial charge is 0.461 e. The fourth-order valence-corrected chi connectivity index (χ4v) is 4.95. The maximum Gasteiger partial charge on any atom is 0.336 e. The summed E-state index contributed by atoms with van der Waals surface area (Å²) in [5.41, 5.74) is 1.15. The second-order valence-electron chi connectivity index (χ2n) is 6.09. The highest BCUT2D eigenvalue weighted by atomic mass is 35.5. The molecule has 0 amide bonds. The summed E-state index contributed by atoms with van der Waals surface area (Å²) in [7, 11) is -3.16. The van der Waals surface area contributed by atoms with Crippen LogP contribution in [0.5, 0.6) is 0 Å². The van der Waals surface area contributed by atoms with E-state index in [-0.39, 0.29) is 24.5 Å². The van der Waals surface area contributed by atoms with Crippen molar-refractivity contribution in [1.29, 1.82) is 0 Å². The van der Waals surface area contributed by atoms with Crippen molar-refractivity contribution in [2.24, 2.45) is 5.92 Å². The Hall–Kier alpha value is -1.86. The Morgan fingerprint density at radius 3 is 2.72 bits per heavy atom. The van der Waals surface area contributed by atoms with Gasteiger partial charge in [-0.3, -0.25) is 4.79 Å². The average Bonchev–Trinajstić information content (AvgIpc) is 2.92. The van der Waals surface area contributed by atoms with Gasteiger partial charge in [0.2, 0.25) is 0 Å². The van der Waals surface area contributed by atoms with Crippen LogP contribution in [0.25, 0.3) is 11.0 Å². The molecule has 25 heavy (non-hydrogen) atoms. The van der Waals surface area contributed by atoms with E-state index in [0.29, 0.717) is 28.0 Å². The number of rotatable bonds is 4. The highest BCUT2D eigenvalue weighted by molar-refractivity contribution is 7.91. The molecule has 0 bridgehead atoms. The molecule has 0 saturated carbocycles. The molecule has 8 heteroatoms. The van der Waals surface area contributed by atoms with E-state index < -0.39 is 27.4 Å². The first-order valence-corrected chi connectivity index (χ1v) is 10.1. The van der Waals surface area contributed by atoms with Crippen LogP contribution in [0.4, 0.5) is 0 Å². The Morgan fingerprint density at radius 1 is 1.32 bits per heavy atom. The molecule has 0 spiro atoms. The molecule has 6 nitrogen and oxygen atoms in total. The van der Waals surface area contributed by atoms with Gasteiger partial charge in [0.15, 0.2) is 9.84 Å². The summed E-state index contributed by atoms with van der Waals surface area (Å²) in [6.45, 7) is 1.80. The van der Waals surface area contributed by atoms with E-state index in [4.69, 9.17) is 20.8 Å². The topological polar surface area (TPSA) is 90.7 Å². The molecule has 0 unspecified atom stereocenters. The second-order valence-corrected chi connectivity index (χ2v) is 8.73. The predicted octanol–water partition coefficient (Wildman–Crippen LogP) is 2.49. The molecule has 1 aromatic carbocycles. The number of sulfone groups is 1. The van der Waals surface area contributed by atoms with Crippen molar-refractivity contribution >= 4 is 38.4 Å². The Kier molecular flexibility index (Phi) is 4.88. The number of esters is 1. The van der Waals surface area contributed by atoms with Gasteiger partial charge in [-0.2, -0.15) is 0 Å². The van der Waals surface area contributed by atoms with Gasteiger partial charge in [-0.1, -0.05) is 18.5 Å². The molecule has 0 N–H and O–H groups in total. The van der Waals surface area contributed by atoms with Gasteiger partial charge in [0, 0.05) is 22.0 Å². The van der Waals surface area contributed by atoms with Crippen LogP contribution >= 0.6 is 11.6 Å². The second kappa shape index (κ2) is 6.80. The van der Waals surface area contributed by atoms with E-state index in [1.165, 1.54) is 6.07 Å². The first-order valence-electron chi connectivity index (χ1n) is 7.91. The van der Waals surface area contributed by atoms with Gasteiger partial charge in [0.1, 0.15) is 12.2 Å². The molecule has 1 aromatic heterocycles. The lowest BCUT2D eigenvalue weighted by atomic mass is 10.1. The van der Waals surface area contributed by atoms with Crippen LogP contribution < -0.4 is 5.63 Å². The van der Waals surface area contributed by atoms with Gasteiger partial charge in [-0.25, -0.2) is 13.2 Å². The van der Waals surface area contributed by atoms with E-state index in [9.17, 15) is 18.0 Å². The maximum absolute atomic E-state index is 12.1. The minimum absolute atomic E-state index is 0.0000248. The van der Waals surface area contributed by atoms with E-state index >= 15 is 0 Å². The summed E-state index contributed by atoms with van der Waals surface area (Å²) in [5.74, 6) is -1.40. The number of hydrogen-bond donors (Lipinski definition) is 0. The van der Waals surface area contributed by atoms with Crippen LogP contribution in [0.3, 0.4) is 0 Å². The molecule has 0 aliphatic carbocycles. The summed E-state index contributed by atoms with van der Waals surface area (Å²) in [6, 6.07) is 4.64. The van der Waals surface area contributed by atoms with Crippen LogP contribution in [0.15, 0.2) is 27.4 Å². The maximum atomic E-state index is 12.1. The van der Waals surface area contributed by atoms with Gasteiger partial charge in [-0.05, 0) is 30.5 Å². The molecule has 0 radical (unpaired) electrons. The van der Waals surface area contributed by atoms with Gasteiger partial charge < -0.3 is 9.15 Å². The smallest absolute Gasteiger partial charge is 0.336 e. The third-order valence-electron chi connectivity index (χ3n) is 4.31. The summed E-state index contributed by atoms with van der Waals surface area (Å²) >= 11 is 6.22. The molecule has 3 rings (SSSR count). The lowest BCUT2D eigenvalue weighted by Gasteiger charge is -2.11. The van der Waals surface area contributed by atoms with Crippen molar-refractivity contribution in [3.05, 3.63) is 44.8 Å². The van der Waals surface area contributed by atoms with Crippen LogP contribution in [-0.4, -0.2) is 25.9 Å². The van der Waals surface area contributed by atoms with E-state index in [1.54, 1.807) is 12.1 Å². The van der Waals surface area contributed by atoms with Crippen LogP contribution in [0, 0.1) is 5.92 Å². The van der Waals surface area contributed by atoms with E-state index in [0.717, 1.165) is 5.56 Å². The number of hydrogen-bond acceptors (Lipinski definition) is 6. The van der Waals surface area contributed by atoms with Crippen LogP contribution in [0.2, 0.25) is 5.02 Å². The number of ether oxygens (including phenoxy) is 1. The summed E-state index contributed by atoms with van der Waals surface area (Å²) in [6.07, 6.45) is 0.957. The van der Waals surface area contributed by atoms with Crippen molar-refractivity contribution < 1.29 is 22.4 Å². The molecule has 2 aromatic rings. The van der Waals surface area contributed by atoms with Gasteiger partial charge >= 0.3 is 11.6 Å². The number of benzene rings is 1. The highest BCUT2D eigenvalue weighted by Crippen LogP contribution is 2.27. The normalized spacial score (nSPS) is 19.2. The quantitative estimate of drug-likeness (QED) is 0.594. The van der Waals surface area contributed by atoms with Crippen molar-refractivity contribution in [1.82, 2.24) is 0 Å². The first kappa shape index (κ1) is 17.9. The number of carbonyl (C=O) groups is 1. The fourth-order valence-electron chi connectivity index (χ4n) is 2.93. The molecular formula is C17H17ClO6S. The summed E-state index contributed by atoms with van der Waals surface area (Å²) < 4.78 is 33.4. The van der Waals surface area contributed by atoms with Gasteiger partial charge in [-0.15, -0.1) is 0 Å². The minimum Gasteiger partial charge on any atom is -0.461 e. The molecule has 1 fully saturated rings. The summed E-state index contributed by atoms with van der Waals surface area (Å²) in [5, 5.41) is 1.13. The van der Waals surface area contributed by atoms with E-state index in [1.807, 2.05) is 6.92 Å². The highest BCUT2D eigenvalue weighted by Gasteiger charge is 2.34. The Labute approximate surface area is 149 Å². The average molecular weight is 385 g/mol. The first-order chi connectivity index (χ1) is 11.8. The molecule has 2 heterocycles. The standard InChI is InChI=1S/C17H17ClO6S/c1-2-10-5-15-13(7-14(10)18)12(6-16(19)24-15)8-23-17(20)11-3-4-25(21,22)9-11/h5-7,11H,2-4,8-9H2,1H3/t11-/m0/s1. The number of carbonyl (C=O) groups excluding carboxylic acids is 1. The third kappa shape index (κ3) is 3.88. The monoisotopic (exact) mass is 384 g/mol. The zero-order valence-corrected chi connectivity index (χ0v) is 15.2. The zero-order chi connectivity index (χ0) is 18.2. The number of aryl methyl sites for hydroxylation is 1. The van der Waals surface area contributed by atoms with E-state index in [2.05, 4.69) is 0 Å². The minimum atomic E-state index is -3.16. The third-order valence-corrected chi connectivity index (χ3v) is 6.43. The fraction of sp³-hybridized carbons (Fsp3) is 0.412. The number of fused-ring (bicyclic) bond motifs is 1. The van der Waals surface area contributed by atoms with Crippen molar-refractivity contribution in [2.75, 3.05) is 11.5 Å². The Morgan fingerprint density at radius 2 is 2.08 bits per heavy atom. The van der Waals surface area contributed by atoms with Crippen LogP contribution in [0.1, 0.15) is 24.5 Å². The Bertz CT molecular complexity index is 992. The molecule has 1 saturated heterocycles. The van der Waals surface area contributed by atoms with Crippen molar-refractivity contribution in [3.63, 3.8) is 0 Å². The van der Waals surface area contributed by atoms with Crippen LogP contribution in [-0.2, 0) is 32.4 Å². The SMILES string of the molecule is CCc1cc2oc(=O)cc(COC(=O)[C@H]3CCS(=O)(=O)C3)c2cc1Cl. The molecule has 1 aliphatic heterocycles. The summed E-state index contributed by atoms with van der Waals surface area (Å²) in [4.78, 5) is 23.8. The van der Waals surface area contributed by atoms with Gasteiger partial charge in [0.05, 0.1) is 17.4 Å². The van der Waals surface area contributed by atoms with Crippen molar-refractivity contribution in [3.8, 4) is 0 Å². The lowest BCUT2D eigenvalue weighted by Crippen LogP contribution is -2.19. The molecule has 134 valence electrons. The zero-order valence-electron chi connectivity index (χ0n) is 13.6. The predicted molar refractivity (Wildman–Crippen MR) is 93.4 cm³/mol.